The molecule has 0 bridgehead atoms. The molecule has 1 unspecified atom stereocenters. The van der Waals surface area contributed by atoms with Crippen LogP contribution in [0.2, 0.25) is 0 Å². The van der Waals surface area contributed by atoms with E-state index < -0.39 is 6.04 Å². The van der Waals surface area contributed by atoms with Crippen LogP contribution >= 0.6 is 28.3 Å². The van der Waals surface area contributed by atoms with Crippen molar-refractivity contribution in [2.75, 3.05) is 19.0 Å². The third kappa shape index (κ3) is 5.04. The van der Waals surface area contributed by atoms with Gasteiger partial charge in [0.1, 0.15) is 6.04 Å². The molecule has 1 atom stereocenters. The Balaban J connectivity index is 0.00000256. The van der Waals surface area contributed by atoms with Gasteiger partial charge in [-0.2, -0.15) is 0 Å². The molecular formula is C11H16BrClN2O2. The smallest absolute Gasteiger partial charge is 0.243 e. The average Bonchev–Trinajstić information content (AvgIpc) is 2.24. The first-order chi connectivity index (χ1) is 7.54. The largest absolute Gasteiger partial charge is 0.383 e. The van der Waals surface area contributed by atoms with Crippen LogP contribution in [0.4, 0.5) is 5.69 Å². The number of amides is 1. The lowest BCUT2D eigenvalue weighted by Crippen LogP contribution is -2.39. The lowest BCUT2D eigenvalue weighted by atomic mass is 10.2. The lowest BCUT2D eigenvalue weighted by Gasteiger charge is -2.11. The van der Waals surface area contributed by atoms with Gasteiger partial charge in [0.2, 0.25) is 5.91 Å². The van der Waals surface area contributed by atoms with E-state index in [1.54, 1.807) is 0 Å². The van der Waals surface area contributed by atoms with Crippen molar-refractivity contribution in [3.05, 3.63) is 28.2 Å². The SMILES string of the molecule is COCC(N)C(=O)Nc1ccc(C)c(Br)c1.Cl. The zero-order valence-electron chi connectivity index (χ0n) is 9.70. The molecular weight excluding hydrogens is 307 g/mol. The number of halogens is 2. The minimum Gasteiger partial charge on any atom is -0.383 e. The van der Waals surface area contributed by atoms with Gasteiger partial charge < -0.3 is 15.8 Å². The predicted octanol–water partition coefficient (Wildman–Crippen LogP) is 2.09. The van der Waals surface area contributed by atoms with E-state index in [0.29, 0.717) is 5.69 Å². The number of anilines is 1. The quantitative estimate of drug-likeness (QED) is 0.892. The fourth-order valence-electron chi connectivity index (χ4n) is 1.16. The monoisotopic (exact) mass is 322 g/mol. The Labute approximate surface area is 115 Å². The van der Waals surface area contributed by atoms with Crippen molar-refractivity contribution in [1.82, 2.24) is 0 Å². The molecule has 96 valence electrons. The molecule has 4 nitrogen and oxygen atoms in total. The summed E-state index contributed by atoms with van der Waals surface area (Å²) in [6, 6.07) is 4.94. The average molecular weight is 324 g/mol. The third-order valence-electron chi connectivity index (χ3n) is 2.12. The Kier molecular flexibility index (Phi) is 7.38. The summed E-state index contributed by atoms with van der Waals surface area (Å²) in [5, 5.41) is 2.72. The Hall–Kier alpha value is -0.620. The van der Waals surface area contributed by atoms with Gasteiger partial charge in [-0.05, 0) is 24.6 Å². The van der Waals surface area contributed by atoms with E-state index in [1.165, 1.54) is 7.11 Å². The molecule has 0 radical (unpaired) electrons. The van der Waals surface area contributed by atoms with E-state index in [2.05, 4.69) is 21.2 Å². The Morgan fingerprint density at radius 1 is 1.59 bits per heavy atom. The molecule has 6 heteroatoms. The van der Waals surface area contributed by atoms with Gasteiger partial charge >= 0.3 is 0 Å². The highest BCUT2D eigenvalue weighted by molar-refractivity contribution is 9.10. The summed E-state index contributed by atoms with van der Waals surface area (Å²) in [6.45, 7) is 2.19. The molecule has 0 saturated carbocycles. The van der Waals surface area contributed by atoms with Gasteiger partial charge in [-0.15, -0.1) is 12.4 Å². The molecule has 0 fully saturated rings. The second-order valence-corrected chi connectivity index (χ2v) is 4.37. The van der Waals surface area contributed by atoms with E-state index in [4.69, 9.17) is 10.5 Å². The van der Waals surface area contributed by atoms with Crippen molar-refractivity contribution in [1.29, 1.82) is 0 Å². The highest BCUT2D eigenvalue weighted by Crippen LogP contribution is 2.20. The zero-order valence-corrected chi connectivity index (χ0v) is 12.1. The molecule has 1 rings (SSSR count). The van der Waals surface area contributed by atoms with Gasteiger partial charge in [-0.25, -0.2) is 0 Å². The number of aryl methyl sites for hydroxylation is 1. The zero-order chi connectivity index (χ0) is 12.1. The summed E-state index contributed by atoms with van der Waals surface area (Å²) in [4.78, 5) is 11.6. The lowest BCUT2D eigenvalue weighted by molar-refractivity contribution is -0.118. The highest BCUT2D eigenvalue weighted by atomic mass is 79.9. The van der Waals surface area contributed by atoms with Crippen molar-refractivity contribution in [3.8, 4) is 0 Å². The summed E-state index contributed by atoms with van der Waals surface area (Å²) < 4.78 is 5.76. The summed E-state index contributed by atoms with van der Waals surface area (Å²) in [5.74, 6) is -0.252. The fourth-order valence-corrected chi connectivity index (χ4v) is 1.54. The van der Waals surface area contributed by atoms with Gasteiger partial charge in [-0.3, -0.25) is 4.79 Å². The molecule has 17 heavy (non-hydrogen) atoms. The molecule has 0 aromatic heterocycles. The number of carbonyl (C=O) groups is 1. The van der Waals surface area contributed by atoms with Crippen LogP contribution in [-0.2, 0) is 9.53 Å². The number of nitrogens with two attached hydrogens (primary N) is 1. The van der Waals surface area contributed by atoms with Crippen molar-refractivity contribution in [2.45, 2.75) is 13.0 Å². The summed E-state index contributed by atoms with van der Waals surface area (Å²) in [7, 11) is 1.51. The van der Waals surface area contributed by atoms with E-state index >= 15 is 0 Å². The van der Waals surface area contributed by atoms with Crippen LogP contribution in [0.5, 0.6) is 0 Å². The maximum atomic E-state index is 11.6. The van der Waals surface area contributed by atoms with Crippen molar-refractivity contribution in [3.63, 3.8) is 0 Å². The van der Waals surface area contributed by atoms with Crippen LogP contribution < -0.4 is 11.1 Å². The number of hydrogen-bond donors (Lipinski definition) is 2. The molecule has 1 aromatic carbocycles. The van der Waals surface area contributed by atoms with Gasteiger partial charge in [0, 0.05) is 17.3 Å². The van der Waals surface area contributed by atoms with Gasteiger partial charge in [0.15, 0.2) is 0 Å². The first kappa shape index (κ1) is 16.4. The molecule has 0 aliphatic carbocycles. The molecule has 1 amide bonds. The van der Waals surface area contributed by atoms with Crippen LogP contribution in [0.3, 0.4) is 0 Å². The number of ether oxygens (including phenoxy) is 1. The second kappa shape index (κ2) is 7.66. The number of carbonyl (C=O) groups excluding carboxylic acids is 1. The third-order valence-corrected chi connectivity index (χ3v) is 2.98. The number of methoxy groups -OCH3 is 1. The first-order valence-corrected chi connectivity index (χ1v) is 5.65. The molecule has 0 spiro atoms. The molecule has 0 aliphatic heterocycles. The molecule has 0 aliphatic rings. The van der Waals surface area contributed by atoms with Crippen molar-refractivity contribution < 1.29 is 9.53 Å². The Bertz CT molecular complexity index is 388. The maximum Gasteiger partial charge on any atom is 0.243 e. The standard InChI is InChI=1S/C11H15BrN2O2.ClH/c1-7-3-4-8(5-9(7)12)14-11(15)10(13)6-16-2;/h3-5,10H,6,13H2,1-2H3,(H,14,15);1H. The van der Waals surface area contributed by atoms with Crippen LogP contribution in [0.25, 0.3) is 0 Å². The number of rotatable bonds is 4. The normalized spacial score (nSPS) is 11.5. The van der Waals surface area contributed by atoms with Gasteiger partial charge in [-0.1, -0.05) is 22.0 Å². The first-order valence-electron chi connectivity index (χ1n) is 4.86. The van der Waals surface area contributed by atoms with Crippen LogP contribution in [0, 0.1) is 6.92 Å². The van der Waals surface area contributed by atoms with Crippen LogP contribution in [0.15, 0.2) is 22.7 Å². The Morgan fingerprint density at radius 2 is 2.24 bits per heavy atom. The number of nitrogens with one attached hydrogen (secondary N) is 1. The Morgan fingerprint density at radius 3 is 2.76 bits per heavy atom. The summed E-state index contributed by atoms with van der Waals surface area (Å²) in [6.07, 6.45) is 0. The molecule has 1 aromatic rings. The van der Waals surface area contributed by atoms with Crippen LogP contribution in [0.1, 0.15) is 5.56 Å². The molecule has 0 saturated heterocycles. The molecule has 3 N–H and O–H groups in total. The van der Waals surface area contributed by atoms with E-state index in [9.17, 15) is 4.79 Å². The van der Waals surface area contributed by atoms with E-state index in [1.807, 2.05) is 25.1 Å². The number of hydrogen-bond acceptors (Lipinski definition) is 3. The molecule has 0 heterocycles. The topological polar surface area (TPSA) is 64.3 Å². The fraction of sp³-hybridized carbons (Fsp3) is 0.364. The minimum absolute atomic E-state index is 0. The van der Waals surface area contributed by atoms with E-state index in [-0.39, 0.29) is 24.9 Å². The number of benzene rings is 1. The highest BCUT2D eigenvalue weighted by Gasteiger charge is 2.13. The van der Waals surface area contributed by atoms with Gasteiger partial charge in [0.25, 0.3) is 0 Å². The predicted molar refractivity (Wildman–Crippen MR) is 74.6 cm³/mol. The van der Waals surface area contributed by atoms with Crippen molar-refractivity contribution >= 4 is 39.9 Å². The van der Waals surface area contributed by atoms with Gasteiger partial charge in [0.05, 0.1) is 6.61 Å². The van der Waals surface area contributed by atoms with Crippen LogP contribution in [-0.4, -0.2) is 25.7 Å². The maximum absolute atomic E-state index is 11.6. The summed E-state index contributed by atoms with van der Waals surface area (Å²) >= 11 is 3.40. The second-order valence-electron chi connectivity index (χ2n) is 3.52. The van der Waals surface area contributed by atoms with E-state index in [0.717, 1.165) is 10.0 Å². The minimum atomic E-state index is -0.648. The van der Waals surface area contributed by atoms with Crippen molar-refractivity contribution in [2.24, 2.45) is 5.73 Å². The summed E-state index contributed by atoms with van der Waals surface area (Å²) in [5.41, 5.74) is 7.42.